The molecule has 7 nitrogen and oxygen atoms in total. The molecule has 2 aliphatic rings. The molecule has 2 aromatic rings. The SMILES string of the molecule is CC(=O)c1ccc(N2CCN(C(=O)N[C@@H]3CC(=O)N(c4ccc(C)c(C)c4)C3)CC2)cc1. The van der Waals surface area contributed by atoms with Gasteiger partial charge < -0.3 is 20.0 Å². The van der Waals surface area contributed by atoms with Crippen LogP contribution >= 0.6 is 0 Å². The van der Waals surface area contributed by atoms with Crippen LogP contribution in [-0.4, -0.2) is 61.4 Å². The molecular formula is C25H30N4O3. The molecule has 4 rings (SSSR count). The first-order valence-corrected chi connectivity index (χ1v) is 11.1. The highest BCUT2D eigenvalue weighted by Gasteiger charge is 2.33. The molecule has 0 saturated carbocycles. The van der Waals surface area contributed by atoms with Crippen molar-refractivity contribution in [3.05, 3.63) is 59.2 Å². The molecule has 0 unspecified atom stereocenters. The van der Waals surface area contributed by atoms with E-state index in [9.17, 15) is 14.4 Å². The van der Waals surface area contributed by atoms with Crippen molar-refractivity contribution in [1.82, 2.24) is 10.2 Å². The molecule has 2 aromatic carbocycles. The van der Waals surface area contributed by atoms with Gasteiger partial charge in [0.1, 0.15) is 0 Å². The summed E-state index contributed by atoms with van der Waals surface area (Å²) < 4.78 is 0. The Labute approximate surface area is 189 Å². The van der Waals surface area contributed by atoms with Crippen molar-refractivity contribution in [2.45, 2.75) is 33.2 Å². The third-order valence-electron chi connectivity index (χ3n) is 6.46. The predicted molar refractivity (Wildman–Crippen MR) is 125 cm³/mol. The number of rotatable bonds is 4. The summed E-state index contributed by atoms with van der Waals surface area (Å²) in [6.45, 7) is 8.83. The summed E-state index contributed by atoms with van der Waals surface area (Å²) in [6, 6.07) is 13.3. The summed E-state index contributed by atoms with van der Waals surface area (Å²) in [7, 11) is 0. The Bertz CT molecular complexity index is 1030. The molecule has 0 aliphatic carbocycles. The molecular weight excluding hydrogens is 404 g/mol. The standard InChI is InChI=1S/C25H30N4O3/c1-17-4-7-23(14-18(17)2)29-16-21(15-24(29)31)26-25(32)28-12-10-27(11-13-28)22-8-5-20(6-9-22)19(3)30/h4-9,14,21H,10-13,15-16H2,1-3H3,(H,26,32)/t21-/m1/s1. The number of aryl methyl sites for hydroxylation is 2. The summed E-state index contributed by atoms with van der Waals surface area (Å²) in [5.74, 6) is 0.0943. The number of hydrogen-bond acceptors (Lipinski definition) is 4. The topological polar surface area (TPSA) is 73.0 Å². The fourth-order valence-corrected chi connectivity index (χ4v) is 4.29. The van der Waals surface area contributed by atoms with E-state index in [0.29, 0.717) is 31.6 Å². The maximum Gasteiger partial charge on any atom is 0.317 e. The van der Waals surface area contributed by atoms with E-state index in [-0.39, 0.29) is 23.8 Å². The van der Waals surface area contributed by atoms with Crippen LogP contribution in [0.25, 0.3) is 0 Å². The van der Waals surface area contributed by atoms with E-state index in [4.69, 9.17) is 0 Å². The highest BCUT2D eigenvalue weighted by molar-refractivity contribution is 5.97. The van der Waals surface area contributed by atoms with Gasteiger partial charge in [-0.2, -0.15) is 0 Å². The minimum Gasteiger partial charge on any atom is -0.368 e. The zero-order valence-electron chi connectivity index (χ0n) is 18.9. The molecule has 0 aromatic heterocycles. The number of anilines is 2. The number of nitrogens with one attached hydrogen (secondary N) is 1. The van der Waals surface area contributed by atoms with Gasteiger partial charge in [-0.1, -0.05) is 6.07 Å². The second kappa shape index (κ2) is 9.02. The zero-order chi connectivity index (χ0) is 22.8. The molecule has 3 amide bonds. The molecule has 1 N–H and O–H groups in total. The fraction of sp³-hybridized carbons (Fsp3) is 0.400. The van der Waals surface area contributed by atoms with Gasteiger partial charge in [-0.3, -0.25) is 9.59 Å². The number of amides is 3. The summed E-state index contributed by atoms with van der Waals surface area (Å²) in [6.07, 6.45) is 0.321. The van der Waals surface area contributed by atoms with Crippen molar-refractivity contribution < 1.29 is 14.4 Å². The van der Waals surface area contributed by atoms with Crippen molar-refractivity contribution in [1.29, 1.82) is 0 Å². The quantitative estimate of drug-likeness (QED) is 0.751. The maximum atomic E-state index is 12.8. The van der Waals surface area contributed by atoms with Crippen LogP contribution in [0.1, 0.15) is 34.8 Å². The largest absolute Gasteiger partial charge is 0.368 e. The number of benzene rings is 2. The highest BCUT2D eigenvalue weighted by Crippen LogP contribution is 2.24. The number of Topliss-reactive ketones (excluding diaryl/α,β-unsaturated/α-hetero) is 1. The molecule has 2 fully saturated rings. The minimum atomic E-state index is -0.186. The molecule has 7 heteroatoms. The van der Waals surface area contributed by atoms with Crippen molar-refractivity contribution in [3.63, 3.8) is 0 Å². The van der Waals surface area contributed by atoms with Gasteiger partial charge in [-0.05, 0) is 68.3 Å². The Morgan fingerprint density at radius 2 is 1.56 bits per heavy atom. The fourth-order valence-electron chi connectivity index (χ4n) is 4.29. The van der Waals surface area contributed by atoms with Gasteiger partial charge in [-0.25, -0.2) is 4.79 Å². The van der Waals surface area contributed by atoms with E-state index in [1.807, 2.05) is 54.3 Å². The first-order valence-electron chi connectivity index (χ1n) is 11.1. The lowest BCUT2D eigenvalue weighted by atomic mass is 10.1. The van der Waals surface area contributed by atoms with Crippen LogP contribution in [0.3, 0.4) is 0 Å². The molecule has 2 aliphatic heterocycles. The Morgan fingerprint density at radius 3 is 2.19 bits per heavy atom. The summed E-state index contributed by atoms with van der Waals surface area (Å²) in [4.78, 5) is 42.6. The van der Waals surface area contributed by atoms with Gasteiger partial charge in [0.15, 0.2) is 5.78 Å². The number of carbonyl (C=O) groups excluding carboxylic acids is 3. The van der Waals surface area contributed by atoms with Gasteiger partial charge >= 0.3 is 6.03 Å². The van der Waals surface area contributed by atoms with Crippen LogP contribution in [0.4, 0.5) is 16.2 Å². The molecule has 168 valence electrons. The zero-order valence-corrected chi connectivity index (χ0v) is 18.9. The maximum absolute atomic E-state index is 12.8. The van der Waals surface area contributed by atoms with Crippen LogP contribution in [0.2, 0.25) is 0 Å². The molecule has 2 heterocycles. The normalized spacial score (nSPS) is 18.8. The van der Waals surface area contributed by atoms with Crippen LogP contribution in [0.5, 0.6) is 0 Å². The number of hydrogen-bond donors (Lipinski definition) is 1. The van der Waals surface area contributed by atoms with Gasteiger partial charge in [0, 0.05) is 56.1 Å². The highest BCUT2D eigenvalue weighted by atomic mass is 16.2. The average molecular weight is 435 g/mol. The molecule has 0 bridgehead atoms. The number of piperazine rings is 1. The number of carbonyl (C=O) groups is 3. The lowest BCUT2D eigenvalue weighted by molar-refractivity contribution is -0.117. The minimum absolute atomic E-state index is 0.0392. The van der Waals surface area contributed by atoms with Crippen LogP contribution in [0.15, 0.2) is 42.5 Å². The third-order valence-corrected chi connectivity index (χ3v) is 6.46. The molecule has 1 atom stereocenters. The van der Waals surface area contributed by atoms with Crippen LogP contribution in [-0.2, 0) is 4.79 Å². The van der Waals surface area contributed by atoms with Gasteiger partial charge in [-0.15, -0.1) is 0 Å². The Balaban J connectivity index is 1.30. The molecule has 32 heavy (non-hydrogen) atoms. The van der Waals surface area contributed by atoms with E-state index < -0.39 is 0 Å². The average Bonchev–Trinajstić information content (AvgIpc) is 3.15. The second-order valence-electron chi connectivity index (χ2n) is 8.70. The summed E-state index contributed by atoms with van der Waals surface area (Å²) in [5.41, 5.74) is 4.99. The smallest absolute Gasteiger partial charge is 0.317 e. The van der Waals surface area contributed by atoms with E-state index in [2.05, 4.69) is 17.1 Å². The second-order valence-corrected chi connectivity index (χ2v) is 8.70. The van der Waals surface area contributed by atoms with Crippen LogP contribution in [0, 0.1) is 13.8 Å². The lowest BCUT2D eigenvalue weighted by Crippen LogP contribution is -2.53. The van der Waals surface area contributed by atoms with E-state index >= 15 is 0 Å². The Morgan fingerprint density at radius 1 is 0.906 bits per heavy atom. The monoisotopic (exact) mass is 434 g/mol. The van der Waals surface area contributed by atoms with Crippen molar-refractivity contribution in [3.8, 4) is 0 Å². The van der Waals surface area contributed by atoms with E-state index in [0.717, 1.165) is 30.0 Å². The first kappa shape index (κ1) is 21.9. The van der Waals surface area contributed by atoms with Gasteiger partial charge in [0.25, 0.3) is 0 Å². The molecule has 0 spiro atoms. The number of urea groups is 1. The van der Waals surface area contributed by atoms with Gasteiger partial charge in [0.2, 0.25) is 5.91 Å². The van der Waals surface area contributed by atoms with Crippen LogP contribution < -0.4 is 15.1 Å². The van der Waals surface area contributed by atoms with E-state index in [1.54, 1.807) is 11.8 Å². The number of nitrogens with zero attached hydrogens (tertiary/aromatic N) is 3. The Kier molecular flexibility index (Phi) is 6.17. The summed E-state index contributed by atoms with van der Waals surface area (Å²) in [5, 5.41) is 3.05. The molecule has 2 saturated heterocycles. The number of ketones is 1. The summed E-state index contributed by atoms with van der Waals surface area (Å²) >= 11 is 0. The third kappa shape index (κ3) is 4.61. The van der Waals surface area contributed by atoms with Crippen molar-refractivity contribution >= 4 is 29.1 Å². The predicted octanol–water partition coefficient (Wildman–Crippen LogP) is 3.14. The van der Waals surface area contributed by atoms with E-state index in [1.165, 1.54) is 5.56 Å². The van der Waals surface area contributed by atoms with Crippen molar-refractivity contribution in [2.24, 2.45) is 0 Å². The van der Waals surface area contributed by atoms with Crippen molar-refractivity contribution in [2.75, 3.05) is 42.5 Å². The van der Waals surface area contributed by atoms with Gasteiger partial charge in [0.05, 0.1) is 6.04 Å². The Hall–Kier alpha value is -3.35. The lowest BCUT2D eigenvalue weighted by Gasteiger charge is -2.36. The first-order chi connectivity index (χ1) is 15.3. The molecule has 0 radical (unpaired) electrons.